The van der Waals surface area contributed by atoms with Crippen molar-refractivity contribution in [2.45, 2.75) is 25.9 Å². The van der Waals surface area contributed by atoms with E-state index >= 15 is 0 Å². The molecule has 0 saturated carbocycles. The molecular weight excluding hydrogens is 314 g/mol. The second-order valence-electron chi connectivity index (χ2n) is 5.56. The van der Waals surface area contributed by atoms with Gasteiger partial charge in [-0.2, -0.15) is 4.98 Å². The van der Waals surface area contributed by atoms with Crippen molar-refractivity contribution in [1.82, 2.24) is 14.9 Å². The summed E-state index contributed by atoms with van der Waals surface area (Å²) in [5, 5.41) is 0.479. The van der Waals surface area contributed by atoms with Crippen molar-refractivity contribution in [2.75, 3.05) is 13.1 Å². The Morgan fingerprint density at radius 2 is 2.17 bits per heavy atom. The highest BCUT2D eigenvalue weighted by Gasteiger charge is 2.26. The molecule has 2 heterocycles. The van der Waals surface area contributed by atoms with E-state index in [4.69, 9.17) is 16.3 Å². The topological polar surface area (TPSA) is 55.3 Å². The molecule has 0 radical (unpaired) electrons. The standard InChI is InChI=1S/C17H18ClN3O2/c1-12-19-9-8-16(20-12)23-13-5-4-10-21(11-13)17(22)14-6-2-3-7-15(14)18/h2-3,6-9,13H,4-5,10-11H2,1H3/t13-/m1/s1. The number of benzene rings is 1. The molecule has 1 atom stereocenters. The van der Waals surface area contributed by atoms with Crippen LogP contribution in [0.4, 0.5) is 0 Å². The number of piperidine rings is 1. The first-order valence-electron chi connectivity index (χ1n) is 7.63. The SMILES string of the molecule is Cc1nccc(O[C@@H]2CCCN(C(=O)c3ccccc3Cl)C2)n1. The van der Waals surface area contributed by atoms with Crippen LogP contribution in [0, 0.1) is 6.92 Å². The van der Waals surface area contributed by atoms with Gasteiger partial charge in [0.1, 0.15) is 11.9 Å². The number of hydrogen-bond acceptors (Lipinski definition) is 4. The second-order valence-corrected chi connectivity index (χ2v) is 5.96. The zero-order valence-corrected chi connectivity index (χ0v) is 13.7. The Bertz CT molecular complexity index is 708. The van der Waals surface area contributed by atoms with Crippen molar-refractivity contribution < 1.29 is 9.53 Å². The minimum Gasteiger partial charge on any atom is -0.472 e. The molecule has 0 N–H and O–H groups in total. The molecule has 6 heteroatoms. The lowest BCUT2D eigenvalue weighted by Crippen LogP contribution is -2.44. The third-order valence-electron chi connectivity index (χ3n) is 3.81. The second kappa shape index (κ2) is 6.96. The van der Waals surface area contributed by atoms with Gasteiger partial charge < -0.3 is 9.64 Å². The number of halogens is 1. The minimum absolute atomic E-state index is 0.0530. The zero-order valence-electron chi connectivity index (χ0n) is 12.9. The molecule has 23 heavy (non-hydrogen) atoms. The van der Waals surface area contributed by atoms with Crippen molar-refractivity contribution in [1.29, 1.82) is 0 Å². The molecule has 0 aliphatic carbocycles. The summed E-state index contributed by atoms with van der Waals surface area (Å²) in [6.07, 6.45) is 3.40. The van der Waals surface area contributed by atoms with Crippen LogP contribution in [0.3, 0.4) is 0 Å². The van der Waals surface area contributed by atoms with Gasteiger partial charge in [0.05, 0.1) is 17.1 Å². The maximum atomic E-state index is 12.6. The molecule has 120 valence electrons. The van der Waals surface area contributed by atoms with E-state index in [1.54, 1.807) is 29.3 Å². The van der Waals surface area contributed by atoms with Gasteiger partial charge in [-0.3, -0.25) is 4.79 Å². The van der Waals surface area contributed by atoms with Crippen LogP contribution in [0.1, 0.15) is 29.0 Å². The maximum absolute atomic E-state index is 12.6. The molecule has 1 saturated heterocycles. The van der Waals surface area contributed by atoms with E-state index in [2.05, 4.69) is 9.97 Å². The van der Waals surface area contributed by atoms with Crippen LogP contribution in [0.15, 0.2) is 36.5 Å². The first-order chi connectivity index (χ1) is 11.1. The molecular formula is C17H18ClN3O2. The molecule has 1 aliphatic heterocycles. The predicted molar refractivity (Wildman–Crippen MR) is 87.8 cm³/mol. The molecule has 0 unspecified atom stereocenters. The summed E-state index contributed by atoms with van der Waals surface area (Å²) in [6.45, 7) is 3.07. The maximum Gasteiger partial charge on any atom is 0.255 e. The fourth-order valence-corrected chi connectivity index (χ4v) is 2.91. The van der Waals surface area contributed by atoms with Crippen molar-refractivity contribution >= 4 is 17.5 Å². The van der Waals surface area contributed by atoms with Gasteiger partial charge in [0.15, 0.2) is 0 Å². The fourth-order valence-electron chi connectivity index (χ4n) is 2.69. The Morgan fingerprint density at radius 1 is 1.35 bits per heavy atom. The number of carbonyl (C=O) groups is 1. The zero-order chi connectivity index (χ0) is 16.2. The Hall–Kier alpha value is -2.14. The molecule has 1 aromatic carbocycles. The Kier molecular flexibility index (Phi) is 4.76. The van der Waals surface area contributed by atoms with Gasteiger partial charge in [-0.25, -0.2) is 4.98 Å². The molecule has 5 nitrogen and oxygen atoms in total. The number of amides is 1. The molecule has 2 aromatic rings. The van der Waals surface area contributed by atoms with E-state index in [0.29, 0.717) is 35.4 Å². The predicted octanol–water partition coefficient (Wildman–Crippen LogP) is 3.12. The van der Waals surface area contributed by atoms with Crippen LogP contribution in [0.25, 0.3) is 0 Å². The average molecular weight is 332 g/mol. The summed E-state index contributed by atoms with van der Waals surface area (Å²) in [7, 11) is 0. The van der Waals surface area contributed by atoms with E-state index in [9.17, 15) is 4.79 Å². The van der Waals surface area contributed by atoms with E-state index in [0.717, 1.165) is 12.8 Å². The average Bonchev–Trinajstić information content (AvgIpc) is 2.55. The Labute approximate surface area is 140 Å². The summed E-state index contributed by atoms with van der Waals surface area (Å²) in [6, 6.07) is 8.86. The van der Waals surface area contributed by atoms with Crippen LogP contribution in [-0.4, -0.2) is 40.0 Å². The van der Waals surface area contributed by atoms with Crippen molar-refractivity contribution in [3.05, 3.63) is 52.9 Å². The smallest absolute Gasteiger partial charge is 0.255 e. The van der Waals surface area contributed by atoms with Crippen LogP contribution >= 0.6 is 11.6 Å². The number of carbonyl (C=O) groups excluding carboxylic acids is 1. The van der Waals surface area contributed by atoms with Crippen LogP contribution in [-0.2, 0) is 0 Å². The van der Waals surface area contributed by atoms with E-state index < -0.39 is 0 Å². The quantitative estimate of drug-likeness (QED) is 0.867. The third-order valence-corrected chi connectivity index (χ3v) is 4.14. The van der Waals surface area contributed by atoms with Gasteiger partial charge in [0.25, 0.3) is 5.91 Å². The lowest BCUT2D eigenvalue weighted by molar-refractivity contribution is 0.0527. The normalized spacial score (nSPS) is 17.8. The summed E-state index contributed by atoms with van der Waals surface area (Å²) in [5.74, 6) is 1.17. The van der Waals surface area contributed by atoms with Crippen molar-refractivity contribution in [3.63, 3.8) is 0 Å². The van der Waals surface area contributed by atoms with Gasteiger partial charge >= 0.3 is 0 Å². The first kappa shape index (κ1) is 15.7. The van der Waals surface area contributed by atoms with Gasteiger partial charge in [-0.05, 0) is 31.9 Å². The highest BCUT2D eigenvalue weighted by Crippen LogP contribution is 2.21. The number of aromatic nitrogens is 2. The summed E-state index contributed by atoms with van der Waals surface area (Å²) in [4.78, 5) is 22.7. The van der Waals surface area contributed by atoms with Crippen LogP contribution < -0.4 is 4.74 Å². The monoisotopic (exact) mass is 331 g/mol. The van der Waals surface area contributed by atoms with Crippen molar-refractivity contribution in [3.8, 4) is 5.88 Å². The van der Waals surface area contributed by atoms with Crippen LogP contribution in [0.5, 0.6) is 5.88 Å². The van der Waals surface area contributed by atoms with E-state index in [1.165, 1.54) is 0 Å². The molecule has 0 bridgehead atoms. The Morgan fingerprint density at radius 3 is 2.96 bits per heavy atom. The third kappa shape index (κ3) is 3.79. The highest BCUT2D eigenvalue weighted by molar-refractivity contribution is 6.33. The minimum atomic E-state index is -0.0653. The number of aryl methyl sites for hydroxylation is 1. The number of nitrogens with zero attached hydrogens (tertiary/aromatic N) is 3. The number of rotatable bonds is 3. The first-order valence-corrected chi connectivity index (χ1v) is 8.01. The molecule has 1 aromatic heterocycles. The molecule has 1 aliphatic rings. The summed E-state index contributed by atoms with van der Waals surface area (Å²) < 4.78 is 5.90. The van der Waals surface area contributed by atoms with Crippen molar-refractivity contribution in [2.24, 2.45) is 0 Å². The van der Waals surface area contributed by atoms with E-state index in [1.807, 2.05) is 19.1 Å². The number of hydrogen-bond donors (Lipinski definition) is 0. The van der Waals surface area contributed by atoms with Crippen LogP contribution in [0.2, 0.25) is 5.02 Å². The largest absolute Gasteiger partial charge is 0.472 e. The molecule has 1 amide bonds. The van der Waals surface area contributed by atoms with Gasteiger partial charge in [-0.1, -0.05) is 23.7 Å². The lowest BCUT2D eigenvalue weighted by atomic mass is 10.1. The molecule has 0 spiro atoms. The lowest BCUT2D eigenvalue weighted by Gasteiger charge is -2.32. The Balaban J connectivity index is 1.68. The highest BCUT2D eigenvalue weighted by atomic mass is 35.5. The fraction of sp³-hybridized carbons (Fsp3) is 0.353. The van der Waals surface area contributed by atoms with Gasteiger partial charge in [0.2, 0.25) is 5.88 Å². The summed E-state index contributed by atoms with van der Waals surface area (Å²) >= 11 is 6.13. The molecule has 1 fully saturated rings. The van der Waals surface area contributed by atoms with E-state index in [-0.39, 0.29) is 12.0 Å². The molecule has 3 rings (SSSR count). The number of ether oxygens (including phenoxy) is 1. The summed E-state index contributed by atoms with van der Waals surface area (Å²) in [5.41, 5.74) is 0.535. The number of likely N-dealkylation sites (tertiary alicyclic amines) is 1. The van der Waals surface area contributed by atoms with Gasteiger partial charge in [-0.15, -0.1) is 0 Å². The van der Waals surface area contributed by atoms with Gasteiger partial charge in [0, 0.05) is 18.8 Å².